The van der Waals surface area contributed by atoms with Crippen molar-refractivity contribution in [3.05, 3.63) is 66.1 Å². The van der Waals surface area contributed by atoms with Crippen molar-refractivity contribution in [2.75, 3.05) is 0 Å². The van der Waals surface area contributed by atoms with Gasteiger partial charge in [-0.1, -0.05) is 49.6 Å². The van der Waals surface area contributed by atoms with Crippen LogP contribution in [-0.4, -0.2) is 20.4 Å². The fourth-order valence-corrected chi connectivity index (χ4v) is 5.41. The summed E-state index contributed by atoms with van der Waals surface area (Å²) in [6.45, 7) is 0.274. The number of rotatable bonds is 6. The Morgan fingerprint density at radius 3 is 2.45 bits per heavy atom. The minimum Gasteiger partial charge on any atom is -0.459 e. The topological polar surface area (TPSA) is 88.4 Å². The molecule has 0 aliphatic heterocycles. The molecule has 2 aromatic carbocycles. The number of carbonyl (C=O) groups is 1. The first-order chi connectivity index (χ1) is 14.0. The van der Waals surface area contributed by atoms with Crippen molar-refractivity contribution < 1.29 is 17.6 Å². The lowest BCUT2D eigenvalue weighted by Gasteiger charge is -2.23. The van der Waals surface area contributed by atoms with Crippen LogP contribution in [0.1, 0.15) is 48.2 Å². The van der Waals surface area contributed by atoms with E-state index in [4.69, 9.17) is 4.42 Å². The molecule has 29 heavy (non-hydrogen) atoms. The molecule has 1 saturated carbocycles. The number of hydrogen-bond donors (Lipinski definition) is 2. The maximum atomic E-state index is 13.1. The molecule has 1 aromatic heterocycles. The molecule has 1 amide bonds. The second kappa shape index (κ2) is 8.39. The van der Waals surface area contributed by atoms with E-state index >= 15 is 0 Å². The largest absolute Gasteiger partial charge is 0.459 e. The Kier molecular flexibility index (Phi) is 5.69. The third-order valence-corrected chi connectivity index (χ3v) is 6.95. The van der Waals surface area contributed by atoms with Gasteiger partial charge in [0.05, 0.1) is 11.2 Å². The predicted molar refractivity (Wildman–Crippen MR) is 111 cm³/mol. The molecule has 1 aliphatic rings. The van der Waals surface area contributed by atoms with E-state index in [1.54, 1.807) is 24.3 Å². The van der Waals surface area contributed by atoms with Crippen molar-refractivity contribution in [3.63, 3.8) is 0 Å². The molecule has 6 nitrogen and oxygen atoms in total. The Labute approximate surface area is 170 Å². The van der Waals surface area contributed by atoms with E-state index in [0.717, 1.165) is 36.6 Å². The summed E-state index contributed by atoms with van der Waals surface area (Å²) in [6.07, 6.45) is 6.50. The third-order valence-electron chi connectivity index (χ3n) is 5.38. The van der Waals surface area contributed by atoms with Crippen LogP contribution in [0, 0.1) is 0 Å². The van der Waals surface area contributed by atoms with Gasteiger partial charge in [0.15, 0.2) is 5.76 Å². The molecule has 0 radical (unpaired) electrons. The van der Waals surface area contributed by atoms with Crippen LogP contribution in [0.15, 0.2) is 64.1 Å². The highest BCUT2D eigenvalue weighted by Gasteiger charge is 2.24. The highest BCUT2D eigenvalue weighted by Crippen LogP contribution is 2.28. The molecular weight excluding hydrogens is 388 g/mol. The van der Waals surface area contributed by atoms with E-state index in [0.29, 0.717) is 5.39 Å². The number of benzene rings is 2. The molecule has 0 bridgehead atoms. The molecule has 0 saturated heterocycles. The summed E-state index contributed by atoms with van der Waals surface area (Å²) in [5.41, 5.74) is 0.845. The summed E-state index contributed by atoms with van der Waals surface area (Å²) in [4.78, 5) is 12.4. The molecule has 3 aromatic rings. The molecule has 1 fully saturated rings. The van der Waals surface area contributed by atoms with Crippen LogP contribution >= 0.6 is 0 Å². The second-order valence-corrected chi connectivity index (χ2v) is 9.07. The van der Waals surface area contributed by atoms with Gasteiger partial charge in [-0.3, -0.25) is 4.79 Å². The third kappa shape index (κ3) is 4.36. The first kappa shape index (κ1) is 19.7. The van der Waals surface area contributed by atoms with Gasteiger partial charge in [0.2, 0.25) is 10.0 Å². The molecular formula is C22H24N2O4S. The molecule has 4 rings (SSSR count). The van der Waals surface area contributed by atoms with Crippen molar-refractivity contribution in [2.24, 2.45) is 0 Å². The summed E-state index contributed by atoms with van der Waals surface area (Å²) in [5.74, 6) is -0.0695. The predicted octanol–water partition coefficient (Wildman–Crippen LogP) is 3.97. The lowest BCUT2D eigenvalue weighted by Crippen LogP contribution is -2.36. The fraction of sp³-hybridized carbons (Fsp3) is 0.318. The van der Waals surface area contributed by atoms with Crippen molar-refractivity contribution in [1.29, 1.82) is 0 Å². The van der Waals surface area contributed by atoms with E-state index < -0.39 is 10.0 Å². The van der Waals surface area contributed by atoms with Gasteiger partial charge in [-0.15, -0.1) is 0 Å². The van der Waals surface area contributed by atoms with Gasteiger partial charge in [0, 0.05) is 18.0 Å². The minimum atomic E-state index is -3.62. The number of nitrogens with one attached hydrogen (secondary N) is 2. The molecule has 0 spiro atoms. The van der Waals surface area contributed by atoms with Gasteiger partial charge in [0.1, 0.15) is 0 Å². The molecule has 0 unspecified atom stereocenters. The van der Waals surface area contributed by atoms with Crippen LogP contribution in [0.2, 0.25) is 0 Å². The lowest BCUT2D eigenvalue weighted by atomic mass is 9.96. The zero-order valence-electron chi connectivity index (χ0n) is 16.1. The van der Waals surface area contributed by atoms with Crippen molar-refractivity contribution in [2.45, 2.75) is 49.6 Å². The van der Waals surface area contributed by atoms with E-state index in [9.17, 15) is 13.2 Å². The standard InChI is InChI=1S/C22H24N2O4S/c25-22(20-11-6-14-28-20)23-15-16-12-13-21(19-10-5-4-9-18(16)19)29(26,27)24-17-7-2-1-3-8-17/h4-6,9-14,17,24H,1-3,7-8,15H2,(H,23,25). The fourth-order valence-electron chi connectivity index (χ4n) is 3.90. The highest BCUT2D eigenvalue weighted by atomic mass is 32.2. The van der Waals surface area contributed by atoms with Crippen LogP contribution in [0.3, 0.4) is 0 Å². The number of amides is 1. The average molecular weight is 413 g/mol. The van der Waals surface area contributed by atoms with Gasteiger partial charge >= 0.3 is 0 Å². The molecule has 0 atom stereocenters. The van der Waals surface area contributed by atoms with Gasteiger partial charge in [-0.05, 0) is 42.0 Å². The summed E-state index contributed by atoms with van der Waals surface area (Å²) in [6, 6.07) is 14.0. The quantitative estimate of drug-likeness (QED) is 0.641. The van der Waals surface area contributed by atoms with E-state index in [2.05, 4.69) is 10.0 Å². The highest BCUT2D eigenvalue weighted by molar-refractivity contribution is 7.89. The van der Waals surface area contributed by atoms with Crippen LogP contribution in [-0.2, 0) is 16.6 Å². The minimum absolute atomic E-state index is 0.000210. The summed E-state index contributed by atoms with van der Waals surface area (Å²) in [5, 5.41) is 4.28. The Morgan fingerprint density at radius 2 is 1.72 bits per heavy atom. The van der Waals surface area contributed by atoms with Crippen LogP contribution in [0.4, 0.5) is 0 Å². The number of carbonyl (C=O) groups excluding carboxylic acids is 1. The molecule has 7 heteroatoms. The average Bonchev–Trinajstić information content (AvgIpc) is 3.27. The van der Waals surface area contributed by atoms with Gasteiger partial charge < -0.3 is 9.73 Å². The van der Waals surface area contributed by atoms with E-state index in [-0.39, 0.29) is 29.1 Å². The van der Waals surface area contributed by atoms with Crippen LogP contribution < -0.4 is 10.0 Å². The van der Waals surface area contributed by atoms with Gasteiger partial charge in [-0.2, -0.15) is 0 Å². The zero-order chi connectivity index (χ0) is 20.3. The zero-order valence-corrected chi connectivity index (χ0v) is 16.9. The number of furan rings is 1. The molecule has 2 N–H and O–H groups in total. The first-order valence-electron chi connectivity index (χ1n) is 9.89. The Hall–Kier alpha value is -2.64. The number of fused-ring (bicyclic) bond motifs is 1. The maximum Gasteiger partial charge on any atom is 0.287 e. The maximum absolute atomic E-state index is 13.1. The van der Waals surface area contributed by atoms with Crippen molar-refractivity contribution in [1.82, 2.24) is 10.0 Å². The molecule has 1 heterocycles. The Morgan fingerprint density at radius 1 is 0.966 bits per heavy atom. The van der Waals surface area contributed by atoms with Crippen LogP contribution in [0.5, 0.6) is 0 Å². The normalized spacial score (nSPS) is 15.4. The van der Waals surface area contributed by atoms with Crippen molar-refractivity contribution in [3.8, 4) is 0 Å². The van der Waals surface area contributed by atoms with Gasteiger partial charge in [-0.25, -0.2) is 13.1 Å². The van der Waals surface area contributed by atoms with Crippen LogP contribution in [0.25, 0.3) is 10.8 Å². The summed E-state index contributed by atoms with van der Waals surface area (Å²) in [7, 11) is -3.62. The molecule has 1 aliphatic carbocycles. The molecule has 152 valence electrons. The lowest BCUT2D eigenvalue weighted by molar-refractivity contribution is 0.0923. The smallest absolute Gasteiger partial charge is 0.287 e. The van der Waals surface area contributed by atoms with E-state index in [1.165, 1.54) is 12.7 Å². The Balaban J connectivity index is 1.60. The second-order valence-electron chi connectivity index (χ2n) is 7.38. The number of hydrogen-bond acceptors (Lipinski definition) is 4. The first-order valence-corrected chi connectivity index (χ1v) is 11.4. The summed E-state index contributed by atoms with van der Waals surface area (Å²) < 4.78 is 34.1. The summed E-state index contributed by atoms with van der Waals surface area (Å²) >= 11 is 0. The van der Waals surface area contributed by atoms with Gasteiger partial charge in [0.25, 0.3) is 5.91 Å². The number of sulfonamides is 1. The Bertz CT molecular complexity index is 1100. The van der Waals surface area contributed by atoms with Crippen molar-refractivity contribution >= 4 is 26.7 Å². The van der Waals surface area contributed by atoms with E-state index in [1.807, 2.05) is 24.3 Å². The SMILES string of the molecule is O=C(NCc1ccc(S(=O)(=O)NC2CCCCC2)c2ccccc12)c1ccco1. The monoisotopic (exact) mass is 412 g/mol.